The van der Waals surface area contributed by atoms with Gasteiger partial charge in [-0.2, -0.15) is 0 Å². The lowest BCUT2D eigenvalue weighted by molar-refractivity contribution is -0.385. The third-order valence-electron chi connectivity index (χ3n) is 2.43. The van der Waals surface area contributed by atoms with Crippen LogP contribution in [0.4, 0.5) is 11.4 Å². The molecule has 10 heteroatoms. The summed E-state index contributed by atoms with van der Waals surface area (Å²) in [7, 11) is 0. The molecule has 0 saturated carbocycles. The molecule has 0 radical (unpaired) electrons. The van der Waals surface area contributed by atoms with Gasteiger partial charge in [-0.1, -0.05) is 11.6 Å². The number of amides is 1. The number of nitro benzene ring substituents is 1. The van der Waals surface area contributed by atoms with E-state index in [1.165, 1.54) is 0 Å². The van der Waals surface area contributed by atoms with Crippen molar-refractivity contribution in [3.05, 3.63) is 32.8 Å². The first-order valence-electron chi connectivity index (χ1n) is 5.36. The second-order valence-electron chi connectivity index (χ2n) is 3.94. The van der Waals surface area contributed by atoms with E-state index in [-0.39, 0.29) is 10.7 Å². The number of benzene rings is 1. The van der Waals surface area contributed by atoms with E-state index in [4.69, 9.17) is 21.8 Å². The number of hydrogen-bond acceptors (Lipinski definition) is 5. The zero-order valence-electron chi connectivity index (χ0n) is 10.5. The molecule has 0 heterocycles. The molecule has 0 fully saturated rings. The van der Waals surface area contributed by atoms with Crippen LogP contribution in [0.3, 0.4) is 0 Å². The van der Waals surface area contributed by atoms with E-state index < -0.39 is 39.9 Å². The van der Waals surface area contributed by atoms with Crippen molar-refractivity contribution in [3.8, 4) is 0 Å². The second kappa shape index (κ2) is 6.18. The topological polar surface area (TPSA) is 147 Å². The number of carboxylic acid groups (broad SMARTS) is 2. The van der Waals surface area contributed by atoms with Gasteiger partial charge in [-0.15, -0.1) is 0 Å². The lowest BCUT2D eigenvalue weighted by atomic mass is 9.97. The van der Waals surface area contributed by atoms with Crippen molar-refractivity contribution in [2.24, 2.45) is 0 Å². The van der Waals surface area contributed by atoms with Gasteiger partial charge in [-0.25, -0.2) is 0 Å². The summed E-state index contributed by atoms with van der Waals surface area (Å²) in [6, 6.07) is 1.66. The van der Waals surface area contributed by atoms with E-state index in [1.807, 2.05) is 0 Å². The highest BCUT2D eigenvalue weighted by Crippen LogP contribution is 2.35. The van der Waals surface area contributed by atoms with Crippen molar-refractivity contribution in [2.45, 2.75) is 12.8 Å². The fourth-order valence-corrected chi connectivity index (χ4v) is 1.83. The van der Waals surface area contributed by atoms with Crippen LogP contribution in [-0.4, -0.2) is 33.0 Å². The zero-order valence-corrected chi connectivity index (χ0v) is 11.2. The minimum absolute atomic E-state index is 0.114. The fourth-order valence-electron chi connectivity index (χ4n) is 1.63. The predicted molar refractivity (Wildman–Crippen MR) is 70.4 cm³/mol. The highest BCUT2D eigenvalue weighted by molar-refractivity contribution is 6.34. The summed E-state index contributed by atoms with van der Waals surface area (Å²) in [4.78, 5) is 43.0. The van der Waals surface area contributed by atoms with Crippen LogP contribution in [0.5, 0.6) is 0 Å². The normalized spacial score (nSPS) is 10.2. The number of halogens is 1. The van der Waals surface area contributed by atoms with Crippen molar-refractivity contribution in [1.29, 1.82) is 0 Å². The molecule has 0 saturated heterocycles. The molecule has 0 bridgehead atoms. The molecule has 3 N–H and O–H groups in total. The van der Waals surface area contributed by atoms with Gasteiger partial charge >= 0.3 is 11.9 Å². The maximum Gasteiger partial charge on any atom is 0.322 e. The van der Waals surface area contributed by atoms with Gasteiger partial charge in [0.1, 0.15) is 0 Å². The van der Waals surface area contributed by atoms with E-state index in [0.29, 0.717) is 0 Å². The van der Waals surface area contributed by atoms with E-state index in [0.717, 1.165) is 19.1 Å². The molecule has 0 aliphatic carbocycles. The Balaban J connectivity index is 3.58. The standard InChI is InChI=1S/C11H9ClN2O7/c1-4(15)13-7-2-5(9(10(16)17)11(18)19)8(14(20)21)3-6(7)12/h2-3,9H,1H3,(H,13,15)(H,16,17)(H,18,19). The molecule has 0 spiro atoms. The van der Waals surface area contributed by atoms with Gasteiger partial charge in [-0.05, 0) is 6.07 Å². The van der Waals surface area contributed by atoms with E-state index >= 15 is 0 Å². The third-order valence-corrected chi connectivity index (χ3v) is 2.74. The van der Waals surface area contributed by atoms with Crippen LogP contribution in [0.2, 0.25) is 5.02 Å². The monoisotopic (exact) mass is 316 g/mol. The van der Waals surface area contributed by atoms with Crippen LogP contribution in [0.25, 0.3) is 0 Å². The van der Waals surface area contributed by atoms with Gasteiger partial charge < -0.3 is 15.5 Å². The fraction of sp³-hybridized carbons (Fsp3) is 0.182. The maximum absolute atomic E-state index is 11.0. The molecular formula is C11H9ClN2O7. The smallest absolute Gasteiger partial charge is 0.322 e. The molecule has 1 aromatic carbocycles. The molecule has 0 aliphatic rings. The summed E-state index contributed by atoms with van der Waals surface area (Å²) >= 11 is 5.74. The number of rotatable bonds is 5. The molecule has 21 heavy (non-hydrogen) atoms. The number of aliphatic carboxylic acids is 2. The van der Waals surface area contributed by atoms with Crippen LogP contribution in [-0.2, 0) is 14.4 Å². The molecule has 0 unspecified atom stereocenters. The number of nitro groups is 1. The van der Waals surface area contributed by atoms with Crippen LogP contribution in [0, 0.1) is 10.1 Å². The summed E-state index contributed by atoms with van der Waals surface area (Å²) in [5, 5.41) is 30.8. The number of carbonyl (C=O) groups excluding carboxylic acids is 1. The molecule has 0 atom stereocenters. The average molecular weight is 317 g/mol. The Labute approximate surface area is 122 Å². The first-order valence-corrected chi connectivity index (χ1v) is 5.74. The van der Waals surface area contributed by atoms with Gasteiger partial charge in [-0.3, -0.25) is 24.5 Å². The van der Waals surface area contributed by atoms with E-state index in [1.54, 1.807) is 0 Å². The van der Waals surface area contributed by atoms with Crippen molar-refractivity contribution in [2.75, 3.05) is 5.32 Å². The minimum atomic E-state index is -2.16. The highest BCUT2D eigenvalue weighted by atomic mass is 35.5. The summed E-state index contributed by atoms with van der Waals surface area (Å²) < 4.78 is 0. The Bertz CT molecular complexity index is 630. The molecule has 1 rings (SSSR count). The van der Waals surface area contributed by atoms with Gasteiger partial charge in [0.15, 0.2) is 5.92 Å². The molecule has 1 amide bonds. The molecule has 9 nitrogen and oxygen atoms in total. The largest absolute Gasteiger partial charge is 0.480 e. The lowest BCUT2D eigenvalue weighted by Gasteiger charge is -2.12. The Kier molecular flexibility index (Phi) is 4.82. The number of hydrogen-bond donors (Lipinski definition) is 3. The minimum Gasteiger partial charge on any atom is -0.480 e. The quantitative estimate of drug-likeness (QED) is 0.423. The molecule has 0 aliphatic heterocycles. The summed E-state index contributed by atoms with van der Waals surface area (Å²) in [6.07, 6.45) is 0. The Morgan fingerprint density at radius 1 is 1.29 bits per heavy atom. The molecule has 1 aromatic rings. The summed E-state index contributed by atoms with van der Waals surface area (Å²) in [5.41, 5.74) is -1.46. The van der Waals surface area contributed by atoms with Crippen LogP contribution in [0.1, 0.15) is 18.4 Å². The van der Waals surface area contributed by atoms with Crippen LogP contribution < -0.4 is 5.32 Å². The van der Waals surface area contributed by atoms with Crippen molar-refractivity contribution < 1.29 is 29.5 Å². The van der Waals surface area contributed by atoms with Crippen LogP contribution >= 0.6 is 11.6 Å². The van der Waals surface area contributed by atoms with Gasteiger partial charge in [0.2, 0.25) is 5.91 Å². The van der Waals surface area contributed by atoms with Gasteiger partial charge in [0.25, 0.3) is 5.69 Å². The molecular weight excluding hydrogens is 308 g/mol. The highest BCUT2D eigenvalue weighted by Gasteiger charge is 2.35. The average Bonchev–Trinajstić information content (AvgIpc) is 2.30. The maximum atomic E-state index is 11.0. The van der Waals surface area contributed by atoms with Crippen molar-refractivity contribution in [3.63, 3.8) is 0 Å². The number of nitrogens with zero attached hydrogens (tertiary/aromatic N) is 1. The lowest BCUT2D eigenvalue weighted by Crippen LogP contribution is -2.22. The van der Waals surface area contributed by atoms with Crippen molar-refractivity contribution >= 4 is 40.8 Å². The number of carboxylic acids is 2. The number of carbonyl (C=O) groups is 3. The Hall–Kier alpha value is -2.68. The van der Waals surface area contributed by atoms with Gasteiger partial charge in [0, 0.05) is 13.0 Å². The Morgan fingerprint density at radius 2 is 1.81 bits per heavy atom. The first kappa shape index (κ1) is 16.4. The van der Waals surface area contributed by atoms with E-state index in [9.17, 15) is 24.5 Å². The zero-order chi connectivity index (χ0) is 16.3. The molecule has 112 valence electrons. The predicted octanol–water partition coefficient (Wildman–Crippen LogP) is 1.46. The van der Waals surface area contributed by atoms with E-state index in [2.05, 4.69) is 5.32 Å². The van der Waals surface area contributed by atoms with Gasteiger partial charge in [0.05, 0.1) is 21.2 Å². The molecule has 0 aromatic heterocycles. The number of nitrogens with one attached hydrogen (secondary N) is 1. The third kappa shape index (κ3) is 3.66. The Morgan fingerprint density at radius 3 is 2.19 bits per heavy atom. The summed E-state index contributed by atoms with van der Waals surface area (Å²) in [5.74, 6) is -6.27. The van der Waals surface area contributed by atoms with Crippen molar-refractivity contribution in [1.82, 2.24) is 0 Å². The first-order chi connectivity index (χ1) is 9.65. The summed E-state index contributed by atoms with van der Waals surface area (Å²) in [6.45, 7) is 1.14. The number of anilines is 1. The van der Waals surface area contributed by atoms with Crippen LogP contribution in [0.15, 0.2) is 12.1 Å². The SMILES string of the molecule is CC(=O)Nc1cc(C(C(=O)O)C(=O)O)c([N+](=O)[O-])cc1Cl. The second-order valence-corrected chi connectivity index (χ2v) is 4.35.